The predicted octanol–water partition coefficient (Wildman–Crippen LogP) is 3.15. The van der Waals surface area contributed by atoms with Crippen LogP contribution in [-0.2, 0) is 4.79 Å². The van der Waals surface area contributed by atoms with E-state index < -0.39 is 0 Å². The summed E-state index contributed by atoms with van der Waals surface area (Å²) in [6, 6.07) is 11.9. The van der Waals surface area contributed by atoms with Gasteiger partial charge >= 0.3 is 0 Å². The Labute approximate surface area is 139 Å². The van der Waals surface area contributed by atoms with Crippen molar-refractivity contribution in [2.75, 3.05) is 11.9 Å². The van der Waals surface area contributed by atoms with E-state index >= 15 is 0 Å². The van der Waals surface area contributed by atoms with E-state index in [-0.39, 0.29) is 11.9 Å². The Hall–Kier alpha value is -1.36. The number of benzene rings is 1. The molecule has 1 aromatic carbocycles. The molecule has 1 aromatic heterocycles. The smallest absolute Gasteiger partial charge is 0.282 e. The summed E-state index contributed by atoms with van der Waals surface area (Å²) in [5, 5.41) is 5.73. The predicted molar refractivity (Wildman–Crippen MR) is 91.7 cm³/mol. The van der Waals surface area contributed by atoms with Gasteiger partial charge in [0.05, 0.1) is 11.4 Å². The van der Waals surface area contributed by atoms with E-state index in [1.54, 1.807) is 23.5 Å². The second-order valence-corrected chi connectivity index (χ2v) is 7.17. The molecule has 2 aromatic rings. The average Bonchev–Trinajstić information content (AvgIpc) is 3.17. The highest BCUT2D eigenvalue weighted by Crippen LogP contribution is 2.24. The minimum absolute atomic E-state index is 0.0562. The molecule has 2 heterocycles. The molecule has 1 saturated heterocycles. The number of thiophene rings is 1. The van der Waals surface area contributed by atoms with Gasteiger partial charge in [-0.25, -0.2) is 0 Å². The first-order valence-corrected chi connectivity index (χ1v) is 8.86. The standard InChI is InChI=1S/C17H19ClN2OS/c1-12(17(21)19-14-6-2-5-13(18)11-14)20-9-3-7-15(20)16-8-4-10-22-16/h2,4-6,8,10-12,15H,3,7,9H2,1H3,(H,19,21)/p+1/t12-,15+/m0/s1. The van der Waals surface area contributed by atoms with Crippen molar-refractivity contribution in [1.29, 1.82) is 0 Å². The summed E-state index contributed by atoms with van der Waals surface area (Å²) in [4.78, 5) is 15.3. The monoisotopic (exact) mass is 335 g/mol. The van der Waals surface area contributed by atoms with E-state index in [2.05, 4.69) is 22.8 Å². The number of anilines is 1. The first-order valence-electron chi connectivity index (χ1n) is 7.60. The van der Waals surface area contributed by atoms with Gasteiger partial charge in [0, 0.05) is 23.6 Å². The van der Waals surface area contributed by atoms with Crippen molar-refractivity contribution >= 4 is 34.5 Å². The maximum atomic E-state index is 12.6. The number of rotatable bonds is 4. The first-order chi connectivity index (χ1) is 10.6. The number of carbonyl (C=O) groups excluding carboxylic acids is 1. The van der Waals surface area contributed by atoms with Crippen molar-refractivity contribution in [3.8, 4) is 0 Å². The fraction of sp³-hybridized carbons (Fsp3) is 0.353. The van der Waals surface area contributed by atoms with E-state index in [9.17, 15) is 4.79 Å². The van der Waals surface area contributed by atoms with Crippen molar-refractivity contribution in [3.05, 3.63) is 51.7 Å². The number of likely N-dealkylation sites (tertiary alicyclic amines) is 1. The van der Waals surface area contributed by atoms with Crippen LogP contribution in [0.4, 0.5) is 5.69 Å². The Balaban J connectivity index is 1.70. The van der Waals surface area contributed by atoms with Gasteiger partial charge in [-0.3, -0.25) is 4.79 Å². The molecule has 1 amide bonds. The first kappa shape index (κ1) is 15.5. The van der Waals surface area contributed by atoms with Crippen molar-refractivity contribution in [1.82, 2.24) is 0 Å². The van der Waals surface area contributed by atoms with Crippen LogP contribution in [0.15, 0.2) is 41.8 Å². The van der Waals surface area contributed by atoms with Gasteiger partial charge in [-0.2, -0.15) is 0 Å². The molecule has 2 N–H and O–H groups in total. The minimum atomic E-state index is -0.0754. The van der Waals surface area contributed by atoms with Crippen LogP contribution in [0.3, 0.4) is 0 Å². The van der Waals surface area contributed by atoms with Crippen LogP contribution in [0, 0.1) is 0 Å². The number of nitrogens with one attached hydrogen (secondary N) is 2. The molecule has 5 heteroatoms. The largest absolute Gasteiger partial charge is 0.321 e. The van der Waals surface area contributed by atoms with E-state index in [4.69, 9.17) is 11.6 Å². The van der Waals surface area contributed by atoms with Gasteiger partial charge in [0.15, 0.2) is 6.04 Å². The van der Waals surface area contributed by atoms with Crippen LogP contribution in [0.1, 0.15) is 30.7 Å². The Morgan fingerprint density at radius 2 is 2.27 bits per heavy atom. The summed E-state index contributed by atoms with van der Waals surface area (Å²) in [6.45, 7) is 3.06. The Morgan fingerprint density at radius 1 is 1.41 bits per heavy atom. The maximum absolute atomic E-state index is 12.6. The van der Waals surface area contributed by atoms with Gasteiger partial charge in [0.1, 0.15) is 6.04 Å². The highest BCUT2D eigenvalue weighted by molar-refractivity contribution is 7.10. The average molecular weight is 336 g/mol. The summed E-state index contributed by atoms with van der Waals surface area (Å²) >= 11 is 7.76. The van der Waals surface area contributed by atoms with Gasteiger partial charge in [-0.1, -0.05) is 23.7 Å². The van der Waals surface area contributed by atoms with Crippen LogP contribution in [-0.4, -0.2) is 18.5 Å². The van der Waals surface area contributed by atoms with Crippen LogP contribution >= 0.6 is 22.9 Å². The Kier molecular flexibility index (Phi) is 4.81. The fourth-order valence-corrected chi connectivity index (χ4v) is 4.28. The van der Waals surface area contributed by atoms with Gasteiger partial charge in [0.25, 0.3) is 5.91 Å². The summed E-state index contributed by atoms with van der Waals surface area (Å²) in [5.41, 5.74) is 0.760. The number of hydrogen-bond donors (Lipinski definition) is 2. The highest BCUT2D eigenvalue weighted by atomic mass is 35.5. The third-order valence-corrected chi connectivity index (χ3v) is 5.56. The van der Waals surface area contributed by atoms with Gasteiger partial charge in [-0.05, 0) is 36.6 Å². The zero-order valence-electron chi connectivity index (χ0n) is 12.5. The molecule has 0 aliphatic carbocycles. The van der Waals surface area contributed by atoms with Crippen molar-refractivity contribution in [2.45, 2.75) is 31.8 Å². The second-order valence-electron chi connectivity index (χ2n) is 5.76. The molecule has 3 nitrogen and oxygen atoms in total. The molecule has 0 radical (unpaired) electrons. The molecule has 0 bridgehead atoms. The second kappa shape index (κ2) is 6.82. The summed E-state index contributed by atoms with van der Waals surface area (Å²) in [7, 11) is 0. The normalized spacial score (nSPS) is 22.5. The van der Waals surface area contributed by atoms with Gasteiger partial charge < -0.3 is 10.2 Å². The van der Waals surface area contributed by atoms with E-state index in [0.29, 0.717) is 11.1 Å². The highest BCUT2D eigenvalue weighted by Gasteiger charge is 2.37. The Bertz CT molecular complexity index is 644. The lowest BCUT2D eigenvalue weighted by atomic mass is 10.1. The van der Waals surface area contributed by atoms with Crippen molar-refractivity contribution in [3.63, 3.8) is 0 Å². The van der Waals surface area contributed by atoms with Crippen LogP contribution < -0.4 is 10.2 Å². The molecule has 1 fully saturated rings. The topological polar surface area (TPSA) is 33.5 Å². The summed E-state index contributed by atoms with van der Waals surface area (Å²) in [5.74, 6) is 0.0562. The molecule has 1 unspecified atom stereocenters. The minimum Gasteiger partial charge on any atom is -0.321 e. The van der Waals surface area contributed by atoms with E-state index in [1.165, 1.54) is 16.2 Å². The lowest BCUT2D eigenvalue weighted by molar-refractivity contribution is -0.931. The third-order valence-electron chi connectivity index (χ3n) is 4.33. The van der Waals surface area contributed by atoms with Gasteiger partial charge in [0.2, 0.25) is 0 Å². The molecule has 0 spiro atoms. The van der Waals surface area contributed by atoms with Crippen molar-refractivity contribution in [2.24, 2.45) is 0 Å². The molecule has 22 heavy (non-hydrogen) atoms. The lowest BCUT2D eigenvalue weighted by Crippen LogP contribution is -3.15. The zero-order chi connectivity index (χ0) is 15.5. The molecule has 3 rings (SSSR count). The SMILES string of the molecule is C[C@@H](C(=O)Nc1cccc(Cl)c1)[NH+]1CCC[C@@H]1c1cccs1. The molecule has 1 aliphatic rings. The molecule has 116 valence electrons. The number of hydrogen-bond acceptors (Lipinski definition) is 2. The third kappa shape index (κ3) is 3.35. The molecular formula is C17H20ClN2OS+. The van der Waals surface area contributed by atoms with Crippen LogP contribution in [0.2, 0.25) is 5.02 Å². The molecule has 0 saturated carbocycles. The quantitative estimate of drug-likeness (QED) is 0.884. The van der Waals surface area contributed by atoms with Crippen LogP contribution in [0.5, 0.6) is 0 Å². The molecule has 1 aliphatic heterocycles. The van der Waals surface area contributed by atoms with E-state index in [1.807, 2.05) is 19.1 Å². The Morgan fingerprint density at radius 3 is 3.00 bits per heavy atom. The lowest BCUT2D eigenvalue weighted by Gasteiger charge is -2.26. The van der Waals surface area contributed by atoms with Crippen molar-refractivity contribution < 1.29 is 9.69 Å². The summed E-state index contributed by atoms with van der Waals surface area (Å²) in [6.07, 6.45) is 2.33. The van der Waals surface area contributed by atoms with Gasteiger partial charge in [-0.15, -0.1) is 11.3 Å². The maximum Gasteiger partial charge on any atom is 0.282 e. The number of amides is 1. The summed E-state index contributed by atoms with van der Waals surface area (Å²) < 4.78 is 0. The zero-order valence-corrected chi connectivity index (χ0v) is 14.1. The van der Waals surface area contributed by atoms with E-state index in [0.717, 1.165) is 18.7 Å². The fourth-order valence-electron chi connectivity index (χ4n) is 3.19. The number of halogens is 1. The molecule has 3 atom stereocenters. The number of carbonyl (C=O) groups is 1. The number of quaternary nitrogens is 1. The van der Waals surface area contributed by atoms with Crippen LogP contribution in [0.25, 0.3) is 0 Å². The molecular weight excluding hydrogens is 316 g/mol.